The first-order chi connectivity index (χ1) is 9.66. The molecule has 1 aromatic carbocycles. The lowest BCUT2D eigenvalue weighted by molar-refractivity contribution is 0.0696. The Morgan fingerprint density at radius 1 is 1.43 bits per heavy atom. The van der Waals surface area contributed by atoms with Gasteiger partial charge in [0, 0.05) is 13.6 Å². The number of sulfonamides is 1. The maximum absolute atomic E-state index is 12.3. The van der Waals surface area contributed by atoms with Gasteiger partial charge in [0.1, 0.15) is 0 Å². The number of carboxylic acids is 1. The number of rotatable bonds is 7. The van der Waals surface area contributed by atoms with Gasteiger partial charge in [0.25, 0.3) is 0 Å². The highest BCUT2D eigenvalue weighted by Gasteiger charge is 2.22. The van der Waals surface area contributed by atoms with Crippen LogP contribution in [0.25, 0.3) is 0 Å². The summed E-state index contributed by atoms with van der Waals surface area (Å²) in [6.07, 6.45) is 0.0189. The Morgan fingerprint density at radius 2 is 2.05 bits per heavy atom. The summed E-state index contributed by atoms with van der Waals surface area (Å²) in [6.45, 7) is 4.19. The molecule has 0 aliphatic rings. The van der Waals surface area contributed by atoms with Gasteiger partial charge < -0.3 is 9.84 Å². The van der Waals surface area contributed by atoms with Crippen LogP contribution in [0.1, 0.15) is 24.2 Å². The van der Waals surface area contributed by atoms with E-state index in [1.807, 2.05) is 13.8 Å². The monoisotopic (exact) mass is 335 g/mol. The van der Waals surface area contributed by atoms with Crippen molar-refractivity contribution in [2.24, 2.45) is 0 Å². The Labute approximate surface area is 129 Å². The molecule has 1 aromatic rings. The molecule has 0 amide bonds. The zero-order valence-electron chi connectivity index (χ0n) is 12.0. The van der Waals surface area contributed by atoms with E-state index < -0.39 is 16.0 Å². The smallest absolute Gasteiger partial charge is 0.337 e. The highest BCUT2D eigenvalue weighted by atomic mass is 35.5. The summed E-state index contributed by atoms with van der Waals surface area (Å²) >= 11 is 5.79. The molecule has 0 radical (unpaired) electrons. The third kappa shape index (κ3) is 4.67. The molecule has 0 saturated carbocycles. The number of carboxylic acid groups (broad SMARTS) is 1. The summed E-state index contributed by atoms with van der Waals surface area (Å²) < 4.78 is 31.1. The van der Waals surface area contributed by atoms with Crippen LogP contribution in [-0.4, -0.2) is 50.1 Å². The van der Waals surface area contributed by atoms with Gasteiger partial charge in [-0.25, -0.2) is 13.2 Å². The molecular weight excluding hydrogens is 318 g/mol. The van der Waals surface area contributed by atoms with E-state index in [1.54, 1.807) is 0 Å². The second-order valence-electron chi connectivity index (χ2n) is 4.69. The minimum atomic E-state index is -3.73. The Morgan fingerprint density at radius 3 is 2.52 bits per heavy atom. The van der Waals surface area contributed by atoms with Crippen LogP contribution in [0.3, 0.4) is 0 Å². The van der Waals surface area contributed by atoms with Crippen molar-refractivity contribution in [2.45, 2.75) is 24.8 Å². The molecule has 0 aromatic heterocycles. The number of ether oxygens (including phenoxy) is 1. The summed E-state index contributed by atoms with van der Waals surface area (Å²) in [5, 5.41) is 8.76. The molecule has 1 rings (SSSR count). The molecular formula is C13H18ClNO5S. The van der Waals surface area contributed by atoms with Gasteiger partial charge in [0.05, 0.1) is 28.2 Å². The highest BCUT2D eigenvalue weighted by molar-refractivity contribution is 7.89. The van der Waals surface area contributed by atoms with Crippen molar-refractivity contribution in [1.29, 1.82) is 0 Å². The largest absolute Gasteiger partial charge is 0.478 e. The third-order valence-electron chi connectivity index (χ3n) is 2.74. The van der Waals surface area contributed by atoms with Crippen LogP contribution in [-0.2, 0) is 14.8 Å². The van der Waals surface area contributed by atoms with Crippen molar-refractivity contribution >= 4 is 27.6 Å². The molecule has 0 spiro atoms. The molecule has 0 atom stereocenters. The third-order valence-corrected chi connectivity index (χ3v) is 4.90. The van der Waals surface area contributed by atoms with Crippen LogP contribution >= 0.6 is 11.6 Å². The van der Waals surface area contributed by atoms with Gasteiger partial charge in [0.2, 0.25) is 10.0 Å². The van der Waals surface area contributed by atoms with Gasteiger partial charge in [-0.2, -0.15) is 4.31 Å². The molecule has 0 aliphatic heterocycles. The Balaban J connectivity index is 2.92. The highest BCUT2D eigenvalue weighted by Crippen LogP contribution is 2.22. The summed E-state index contributed by atoms with van der Waals surface area (Å²) in [5.41, 5.74) is -0.138. The summed E-state index contributed by atoms with van der Waals surface area (Å²) in [6, 6.07) is 3.54. The standard InChI is InChI=1S/C13H18ClNO5S/c1-9(2)20-7-6-15(3)21(18,19)10-4-5-11(13(16)17)12(14)8-10/h4-5,8-9H,6-7H2,1-3H3,(H,16,17). The molecule has 0 bridgehead atoms. The lowest BCUT2D eigenvalue weighted by Crippen LogP contribution is -2.31. The molecule has 1 N–H and O–H groups in total. The van der Waals surface area contributed by atoms with Crippen LogP contribution < -0.4 is 0 Å². The van der Waals surface area contributed by atoms with Gasteiger partial charge in [-0.05, 0) is 32.0 Å². The zero-order chi connectivity index (χ0) is 16.2. The molecule has 0 saturated heterocycles. The summed E-state index contributed by atoms with van der Waals surface area (Å²) in [4.78, 5) is 10.8. The first-order valence-corrected chi connectivity index (χ1v) is 8.09. The quantitative estimate of drug-likeness (QED) is 0.824. The molecule has 21 heavy (non-hydrogen) atoms. The fourth-order valence-electron chi connectivity index (χ4n) is 1.55. The van der Waals surface area contributed by atoms with Gasteiger partial charge in [-0.3, -0.25) is 0 Å². The minimum Gasteiger partial charge on any atom is -0.478 e. The predicted molar refractivity (Wildman–Crippen MR) is 79.3 cm³/mol. The molecule has 0 heterocycles. The second kappa shape index (κ2) is 7.22. The number of benzene rings is 1. The van der Waals surface area contributed by atoms with E-state index in [0.717, 1.165) is 10.4 Å². The van der Waals surface area contributed by atoms with Crippen molar-refractivity contribution in [3.8, 4) is 0 Å². The SMILES string of the molecule is CC(C)OCCN(C)S(=O)(=O)c1ccc(C(=O)O)c(Cl)c1. The van der Waals surface area contributed by atoms with E-state index in [0.29, 0.717) is 0 Å². The molecule has 8 heteroatoms. The van der Waals surface area contributed by atoms with Gasteiger partial charge in [-0.15, -0.1) is 0 Å². The lowest BCUT2D eigenvalue weighted by Gasteiger charge is -2.18. The second-order valence-corrected chi connectivity index (χ2v) is 7.15. The van der Waals surface area contributed by atoms with E-state index in [1.165, 1.54) is 19.2 Å². The summed E-state index contributed by atoms with van der Waals surface area (Å²) in [7, 11) is -2.30. The number of halogens is 1. The first kappa shape index (κ1) is 17.9. The van der Waals surface area contributed by atoms with Crippen molar-refractivity contribution in [3.63, 3.8) is 0 Å². The fourth-order valence-corrected chi connectivity index (χ4v) is 3.05. The van der Waals surface area contributed by atoms with Crippen molar-refractivity contribution in [3.05, 3.63) is 28.8 Å². The number of nitrogens with zero attached hydrogens (tertiary/aromatic N) is 1. The maximum atomic E-state index is 12.3. The van der Waals surface area contributed by atoms with Crippen LogP contribution in [0.5, 0.6) is 0 Å². The van der Waals surface area contributed by atoms with E-state index in [4.69, 9.17) is 21.4 Å². The average molecular weight is 336 g/mol. The normalized spacial score (nSPS) is 12.1. The Hall–Kier alpha value is -1.15. The average Bonchev–Trinajstić information content (AvgIpc) is 2.37. The fraction of sp³-hybridized carbons (Fsp3) is 0.462. The van der Waals surface area contributed by atoms with Crippen LogP contribution in [0.2, 0.25) is 5.02 Å². The lowest BCUT2D eigenvalue weighted by atomic mass is 10.2. The molecule has 6 nitrogen and oxygen atoms in total. The number of hydrogen-bond acceptors (Lipinski definition) is 4. The van der Waals surface area contributed by atoms with Gasteiger partial charge in [-0.1, -0.05) is 11.6 Å². The zero-order valence-corrected chi connectivity index (χ0v) is 13.6. The van der Waals surface area contributed by atoms with E-state index in [9.17, 15) is 13.2 Å². The minimum absolute atomic E-state index is 0.0189. The Kier molecular flexibility index (Phi) is 6.15. The van der Waals surface area contributed by atoms with Gasteiger partial charge in [0.15, 0.2) is 0 Å². The van der Waals surface area contributed by atoms with Crippen molar-refractivity contribution in [1.82, 2.24) is 4.31 Å². The number of likely N-dealkylation sites (N-methyl/N-ethyl adjacent to an activating group) is 1. The van der Waals surface area contributed by atoms with E-state index >= 15 is 0 Å². The van der Waals surface area contributed by atoms with Crippen LogP contribution in [0.15, 0.2) is 23.1 Å². The molecule has 0 unspecified atom stereocenters. The molecule has 0 aliphatic carbocycles. The molecule has 0 fully saturated rings. The topological polar surface area (TPSA) is 83.9 Å². The first-order valence-electron chi connectivity index (χ1n) is 6.27. The van der Waals surface area contributed by atoms with Crippen molar-refractivity contribution in [2.75, 3.05) is 20.2 Å². The van der Waals surface area contributed by atoms with E-state index in [-0.39, 0.29) is 34.7 Å². The Bertz CT molecular complexity index is 615. The van der Waals surface area contributed by atoms with E-state index in [2.05, 4.69) is 0 Å². The summed E-state index contributed by atoms with van der Waals surface area (Å²) in [5.74, 6) is -1.21. The van der Waals surface area contributed by atoms with Crippen molar-refractivity contribution < 1.29 is 23.1 Å². The molecule has 118 valence electrons. The maximum Gasteiger partial charge on any atom is 0.337 e. The van der Waals surface area contributed by atoms with Gasteiger partial charge >= 0.3 is 5.97 Å². The predicted octanol–water partition coefficient (Wildman–Crippen LogP) is 2.08. The van der Waals surface area contributed by atoms with Crippen LogP contribution in [0, 0.1) is 0 Å². The number of aromatic carboxylic acids is 1. The van der Waals surface area contributed by atoms with Crippen LogP contribution in [0.4, 0.5) is 0 Å². The number of hydrogen-bond donors (Lipinski definition) is 1. The number of carbonyl (C=O) groups is 1.